The molecule has 2 rings (SSSR count). The molecule has 0 saturated heterocycles. The molecule has 0 radical (unpaired) electrons. The van der Waals surface area contributed by atoms with Crippen LogP contribution in [0.1, 0.15) is 24.3 Å². The Bertz CT molecular complexity index is 615. The molecule has 0 saturated carbocycles. The Balaban J connectivity index is 2.03. The van der Waals surface area contributed by atoms with Crippen LogP contribution in [0.2, 0.25) is 5.15 Å². The van der Waals surface area contributed by atoms with E-state index in [4.69, 9.17) is 16.3 Å². The summed E-state index contributed by atoms with van der Waals surface area (Å²) in [6, 6.07) is 7.21. The number of rotatable bonds is 5. The molecule has 0 spiro atoms. The summed E-state index contributed by atoms with van der Waals surface area (Å²) in [5.41, 5.74) is 0.839. The second-order valence-corrected chi connectivity index (χ2v) is 5.30. The Kier molecular flexibility index (Phi) is 5.11. The number of carbonyl (C=O) groups is 1. The van der Waals surface area contributed by atoms with E-state index in [-0.39, 0.29) is 16.8 Å². The van der Waals surface area contributed by atoms with Crippen molar-refractivity contribution in [2.24, 2.45) is 5.92 Å². The van der Waals surface area contributed by atoms with Crippen molar-refractivity contribution in [1.82, 2.24) is 9.97 Å². The van der Waals surface area contributed by atoms with Gasteiger partial charge in [0.25, 0.3) is 5.91 Å². The van der Waals surface area contributed by atoms with E-state index in [0.29, 0.717) is 24.0 Å². The maximum absolute atomic E-state index is 12.0. The van der Waals surface area contributed by atoms with E-state index < -0.39 is 0 Å². The molecule has 0 atom stereocenters. The van der Waals surface area contributed by atoms with E-state index >= 15 is 0 Å². The maximum Gasteiger partial charge on any atom is 0.275 e. The summed E-state index contributed by atoms with van der Waals surface area (Å²) in [6.45, 7) is 4.77. The number of halogens is 1. The number of nitrogens with zero attached hydrogens (tertiary/aromatic N) is 2. The molecule has 1 N–H and O–H groups in total. The van der Waals surface area contributed by atoms with Gasteiger partial charge in [0, 0.05) is 11.8 Å². The number of hydrogen-bond acceptors (Lipinski definition) is 4. The van der Waals surface area contributed by atoms with Gasteiger partial charge in [0.15, 0.2) is 0 Å². The lowest BCUT2D eigenvalue weighted by Gasteiger charge is -2.10. The van der Waals surface area contributed by atoms with Crippen molar-refractivity contribution in [1.29, 1.82) is 0 Å². The number of ether oxygens (including phenoxy) is 1. The molecule has 1 aromatic heterocycles. The number of amides is 1. The molecule has 0 unspecified atom stereocenters. The third-order valence-corrected chi connectivity index (χ3v) is 2.72. The van der Waals surface area contributed by atoms with E-state index in [1.807, 2.05) is 12.1 Å². The molecular weight excluding hydrogens is 290 g/mol. The van der Waals surface area contributed by atoms with Gasteiger partial charge in [0.1, 0.15) is 16.6 Å². The highest BCUT2D eigenvalue weighted by Gasteiger charge is 2.09. The minimum absolute atomic E-state index is 0.202. The second kappa shape index (κ2) is 7.04. The molecule has 0 bridgehead atoms. The van der Waals surface area contributed by atoms with Crippen LogP contribution in [0.3, 0.4) is 0 Å². The Morgan fingerprint density at radius 3 is 2.81 bits per heavy atom. The van der Waals surface area contributed by atoms with Gasteiger partial charge in [0.05, 0.1) is 19.0 Å². The van der Waals surface area contributed by atoms with Gasteiger partial charge in [-0.25, -0.2) is 9.97 Å². The highest BCUT2D eigenvalue weighted by Crippen LogP contribution is 2.18. The van der Waals surface area contributed by atoms with Crippen molar-refractivity contribution >= 4 is 23.2 Å². The molecule has 1 heterocycles. The van der Waals surface area contributed by atoms with Crippen molar-refractivity contribution in [2.75, 3.05) is 11.9 Å². The molecular formula is C15H16ClN3O2. The SMILES string of the molecule is CC(C)COc1cccc(NC(=O)c2cnc(Cl)cn2)c1. The standard InChI is InChI=1S/C15H16ClN3O2/c1-10(2)9-21-12-5-3-4-11(6-12)19-15(20)13-7-18-14(16)8-17-13/h3-8,10H,9H2,1-2H3,(H,19,20). The van der Waals surface area contributed by atoms with Gasteiger partial charge in [-0.1, -0.05) is 31.5 Å². The average Bonchev–Trinajstić information content (AvgIpc) is 2.46. The zero-order valence-corrected chi connectivity index (χ0v) is 12.6. The third kappa shape index (κ3) is 4.72. The van der Waals surface area contributed by atoms with Crippen LogP contribution < -0.4 is 10.1 Å². The van der Waals surface area contributed by atoms with Crippen LogP contribution in [0.15, 0.2) is 36.7 Å². The molecule has 0 aliphatic carbocycles. The van der Waals surface area contributed by atoms with Crippen molar-refractivity contribution in [3.05, 3.63) is 47.5 Å². The van der Waals surface area contributed by atoms with E-state index in [1.54, 1.807) is 12.1 Å². The normalized spacial score (nSPS) is 10.5. The Morgan fingerprint density at radius 1 is 1.33 bits per heavy atom. The van der Waals surface area contributed by atoms with Gasteiger partial charge in [-0.15, -0.1) is 0 Å². The first kappa shape index (κ1) is 15.3. The quantitative estimate of drug-likeness (QED) is 0.919. The number of nitrogens with one attached hydrogen (secondary N) is 1. The number of benzene rings is 1. The summed E-state index contributed by atoms with van der Waals surface area (Å²) >= 11 is 5.64. The fourth-order valence-corrected chi connectivity index (χ4v) is 1.65. The monoisotopic (exact) mass is 305 g/mol. The molecule has 1 aromatic carbocycles. The van der Waals surface area contributed by atoms with Crippen LogP contribution in [0.25, 0.3) is 0 Å². The average molecular weight is 306 g/mol. The summed E-state index contributed by atoms with van der Waals surface area (Å²) in [5, 5.41) is 2.99. The molecule has 110 valence electrons. The Labute approximate surface area is 128 Å². The summed E-state index contributed by atoms with van der Waals surface area (Å²) in [4.78, 5) is 19.7. The molecule has 0 aliphatic heterocycles. The highest BCUT2D eigenvalue weighted by atomic mass is 35.5. The smallest absolute Gasteiger partial charge is 0.275 e. The molecule has 6 heteroatoms. The van der Waals surface area contributed by atoms with Crippen molar-refractivity contribution < 1.29 is 9.53 Å². The Morgan fingerprint density at radius 2 is 2.14 bits per heavy atom. The highest BCUT2D eigenvalue weighted by molar-refractivity contribution is 6.29. The maximum atomic E-state index is 12.0. The molecule has 0 fully saturated rings. The van der Waals surface area contributed by atoms with E-state index in [2.05, 4.69) is 29.1 Å². The first-order chi connectivity index (χ1) is 10.0. The molecule has 0 aliphatic rings. The second-order valence-electron chi connectivity index (χ2n) is 4.91. The van der Waals surface area contributed by atoms with E-state index in [0.717, 1.165) is 0 Å². The Hall–Kier alpha value is -2.14. The van der Waals surface area contributed by atoms with Crippen LogP contribution in [0, 0.1) is 5.92 Å². The predicted octanol–water partition coefficient (Wildman–Crippen LogP) is 3.42. The van der Waals surface area contributed by atoms with Gasteiger partial charge < -0.3 is 10.1 Å². The van der Waals surface area contributed by atoms with Crippen molar-refractivity contribution in [3.8, 4) is 5.75 Å². The molecule has 21 heavy (non-hydrogen) atoms. The minimum Gasteiger partial charge on any atom is -0.493 e. The van der Waals surface area contributed by atoms with Crippen LogP contribution in [0.5, 0.6) is 5.75 Å². The summed E-state index contributed by atoms with van der Waals surface area (Å²) < 4.78 is 5.61. The van der Waals surface area contributed by atoms with E-state index in [9.17, 15) is 4.79 Å². The predicted molar refractivity (Wildman–Crippen MR) is 81.8 cm³/mol. The number of carbonyl (C=O) groups excluding carboxylic acids is 1. The number of hydrogen-bond donors (Lipinski definition) is 1. The molecule has 5 nitrogen and oxygen atoms in total. The van der Waals surface area contributed by atoms with Crippen molar-refractivity contribution in [2.45, 2.75) is 13.8 Å². The number of anilines is 1. The minimum atomic E-state index is -0.347. The first-order valence-corrected chi connectivity index (χ1v) is 6.94. The zero-order chi connectivity index (χ0) is 15.2. The van der Waals surface area contributed by atoms with Gasteiger partial charge >= 0.3 is 0 Å². The van der Waals surface area contributed by atoms with Gasteiger partial charge in [-0.2, -0.15) is 0 Å². The molecule has 2 aromatic rings. The summed E-state index contributed by atoms with van der Waals surface area (Å²) in [7, 11) is 0. The zero-order valence-electron chi connectivity index (χ0n) is 11.8. The lowest BCUT2D eigenvalue weighted by atomic mass is 10.2. The van der Waals surface area contributed by atoms with Crippen LogP contribution in [-0.2, 0) is 0 Å². The topological polar surface area (TPSA) is 64.1 Å². The third-order valence-electron chi connectivity index (χ3n) is 2.53. The first-order valence-electron chi connectivity index (χ1n) is 6.56. The lowest BCUT2D eigenvalue weighted by Crippen LogP contribution is -2.14. The lowest BCUT2D eigenvalue weighted by molar-refractivity contribution is 0.102. The summed E-state index contributed by atoms with van der Waals surface area (Å²) in [5.74, 6) is 0.802. The van der Waals surface area contributed by atoms with E-state index in [1.165, 1.54) is 12.4 Å². The summed E-state index contributed by atoms with van der Waals surface area (Å²) in [6.07, 6.45) is 2.66. The number of aromatic nitrogens is 2. The largest absolute Gasteiger partial charge is 0.493 e. The fourth-order valence-electron chi connectivity index (χ4n) is 1.55. The fraction of sp³-hybridized carbons (Fsp3) is 0.267. The molecule has 1 amide bonds. The van der Waals surface area contributed by atoms with Crippen LogP contribution >= 0.6 is 11.6 Å². The van der Waals surface area contributed by atoms with Gasteiger partial charge in [-0.05, 0) is 18.1 Å². The van der Waals surface area contributed by atoms with Gasteiger partial charge in [0.2, 0.25) is 0 Å². The van der Waals surface area contributed by atoms with Crippen LogP contribution in [0.4, 0.5) is 5.69 Å². The van der Waals surface area contributed by atoms with Gasteiger partial charge in [-0.3, -0.25) is 4.79 Å². The van der Waals surface area contributed by atoms with Crippen molar-refractivity contribution in [3.63, 3.8) is 0 Å². The van der Waals surface area contributed by atoms with Crippen LogP contribution in [-0.4, -0.2) is 22.5 Å².